The highest BCUT2D eigenvalue weighted by Gasteiger charge is 2.09. The highest BCUT2D eigenvalue weighted by molar-refractivity contribution is 7.12. The maximum absolute atomic E-state index is 5.66. The first-order valence-corrected chi connectivity index (χ1v) is 6.53. The Hall–Kier alpha value is -0.640. The molecule has 0 saturated carbocycles. The van der Waals surface area contributed by atoms with E-state index in [9.17, 15) is 0 Å². The van der Waals surface area contributed by atoms with E-state index in [4.69, 9.17) is 5.73 Å². The molecule has 0 bridgehead atoms. The molecule has 90 valence electrons. The summed E-state index contributed by atoms with van der Waals surface area (Å²) in [6.07, 6.45) is 0. The van der Waals surface area contributed by atoms with E-state index in [1.807, 2.05) is 11.3 Å². The topological polar surface area (TPSA) is 29.3 Å². The quantitative estimate of drug-likeness (QED) is 0.772. The summed E-state index contributed by atoms with van der Waals surface area (Å²) in [5.41, 5.74) is 8.29. The van der Waals surface area contributed by atoms with E-state index in [1.54, 1.807) is 0 Å². The largest absolute Gasteiger partial charge is 0.326 e. The third-order valence-electron chi connectivity index (χ3n) is 2.61. The molecule has 0 aromatic carbocycles. The van der Waals surface area contributed by atoms with Crippen molar-refractivity contribution in [2.75, 3.05) is 13.1 Å². The molecule has 0 saturated heterocycles. The molecular weight excluding hydrogens is 216 g/mol. The van der Waals surface area contributed by atoms with Crippen LogP contribution in [0.4, 0.5) is 0 Å². The van der Waals surface area contributed by atoms with Crippen LogP contribution >= 0.6 is 11.3 Å². The standard InChI is InChI=1S/C13H22N2S/c1-5-15(8-10(2)3)9-12-6-13(7-14)16-11(12)4/h6H,2,5,7-9,14H2,1,3-4H3. The van der Waals surface area contributed by atoms with Crippen LogP contribution in [-0.2, 0) is 13.1 Å². The van der Waals surface area contributed by atoms with Gasteiger partial charge in [-0.15, -0.1) is 11.3 Å². The van der Waals surface area contributed by atoms with Crippen molar-refractivity contribution in [1.29, 1.82) is 0 Å². The summed E-state index contributed by atoms with van der Waals surface area (Å²) in [4.78, 5) is 5.07. The highest BCUT2D eigenvalue weighted by atomic mass is 32.1. The number of nitrogens with two attached hydrogens (primary N) is 1. The monoisotopic (exact) mass is 238 g/mol. The summed E-state index contributed by atoms with van der Waals surface area (Å²) >= 11 is 1.81. The molecule has 2 N–H and O–H groups in total. The van der Waals surface area contributed by atoms with Crippen molar-refractivity contribution < 1.29 is 0 Å². The van der Waals surface area contributed by atoms with Gasteiger partial charge in [0.25, 0.3) is 0 Å². The zero-order valence-electron chi connectivity index (χ0n) is 10.5. The maximum atomic E-state index is 5.66. The number of rotatable bonds is 6. The first-order chi connectivity index (χ1) is 7.56. The van der Waals surface area contributed by atoms with Crippen molar-refractivity contribution in [3.8, 4) is 0 Å². The smallest absolute Gasteiger partial charge is 0.0274 e. The number of thiophene rings is 1. The van der Waals surface area contributed by atoms with Crippen LogP contribution in [0.5, 0.6) is 0 Å². The van der Waals surface area contributed by atoms with E-state index < -0.39 is 0 Å². The van der Waals surface area contributed by atoms with Crippen molar-refractivity contribution in [3.63, 3.8) is 0 Å². The molecule has 1 aromatic rings. The molecule has 0 fully saturated rings. The molecule has 16 heavy (non-hydrogen) atoms. The Morgan fingerprint density at radius 3 is 2.69 bits per heavy atom. The molecule has 0 unspecified atom stereocenters. The van der Waals surface area contributed by atoms with Gasteiger partial charge in [0.15, 0.2) is 0 Å². The van der Waals surface area contributed by atoms with Crippen LogP contribution in [0.25, 0.3) is 0 Å². The fourth-order valence-electron chi connectivity index (χ4n) is 1.75. The minimum atomic E-state index is 0.651. The molecule has 1 heterocycles. The first kappa shape index (κ1) is 13.4. The second-order valence-electron chi connectivity index (χ2n) is 4.26. The normalized spacial score (nSPS) is 11.1. The van der Waals surface area contributed by atoms with Crippen LogP contribution in [0, 0.1) is 6.92 Å². The van der Waals surface area contributed by atoms with Crippen molar-refractivity contribution >= 4 is 11.3 Å². The molecule has 0 aliphatic rings. The van der Waals surface area contributed by atoms with Crippen LogP contribution < -0.4 is 5.73 Å². The lowest BCUT2D eigenvalue weighted by molar-refractivity contribution is 0.304. The summed E-state index contributed by atoms with van der Waals surface area (Å²) in [6, 6.07) is 2.24. The summed E-state index contributed by atoms with van der Waals surface area (Å²) in [5.74, 6) is 0. The molecule has 1 rings (SSSR count). The van der Waals surface area contributed by atoms with Crippen molar-refractivity contribution in [2.45, 2.75) is 33.9 Å². The Morgan fingerprint density at radius 2 is 2.25 bits per heavy atom. The van der Waals surface area contributed by atoms with Crippen LogP contribution in [-0.4, -0.2) is 18.0 Å². The zero-order chi connectivity index (χ0) is 12.1. The molecule has 2 nitrogen and oxygen atoms in total. The summed E-state index contributed by atoms with van der Waals surface area (Å²) in [6.45, 7) is 14.1. The lowest BCUT2D eigenvalue weighted by atomic mass is 10.2. The maximum Gasteiger partial charge on any atom is 0.0274 e. The summed E-state index contributed by atoms with van der Waals surface area (Å²) in [7, 11) is 0. The Labute approximate surface area is 103 Å². The number of hydrogen-bond acceptors (Lipinski definition) is 3. The van der Waals surface area contributed by atoms with Crippen molar-refractivity contribution in [2.24, 2.45) is 5.73 Å². The fraction of sp³-hybridized carbons (Fsp3) is 0.538. The molecule has 0 aliphatic carbocycles. The number of hydrogen-bond donors (Lipinski definition) is 1. The predicted molar refractivity (Wildman–Crippen MR) is 72.7 cm³/mol. The van der Waals surface area contributed by atoms with Crippen LogP contribution in [0.1, 0.15) is 29.2 Å². The molecule has 0 spiro atoms. The van der Waals surface area contributed by atoms with Gasteiger partial charge in [-0.25, -0.2) is 0 Å². The van der Waals surface area contributed by atoms with E-state index in [-0.39, 0.29) is 0 Å². The molecule has 0 amide bonds. The third kappa shape index (κ3) is 3.74. The van der Waals surface area contributed by atoms with Gasteiger partial charge in [-0.3, -0.25) is 4.90 Å². The summed E-state index contributed by atoms with van der Waals surface area (Å²) in [5, 5.41) is 0. The minimum Gasteiger partial charge on any atom is -0.326 e. The lowest BCUT2D eigenvalue weighted by Crippen LogP contribution is -2.24. The van der Waals surface area contributed by atoms with Gasteiger partial charge in [-0.05, 0) is 32.0 Å². The molecule has 3 heteroatoms. The van der Waals surface area contributed by atoms with Gasteiger partial charge in [-0.2, -0.15) is 0 Å². The number of nitrogens with zero attached hydrogens (tertiary/aromatic N) is 1. The fourth-order valence-corrected chi connectivity index (χ4v) is 2.68. The Bertz CT molecular complexity index is 355. The van der Waals surface area contributed by atoms with Crippen molar-refractivity contribution in [3.05, 3.63) is 33.5 Å². The van der Waals surface area contributed by atoms with E-state index in [0.717, 1.165) is 19.6 Å². The van der Waals surface area contributed by atoms with Crippen molar-refractivity contribution in [1.82, 2.24) is 4.90 Å². The Kier molecular flexibility index (Phi) is 5.19. The number of aryl methyl sites for hydroxylation is 1. The second-order valence-corrected chi connectivity index (χ2v) is 5.60. The van der Waals surface area contributed by atoms with Crippen LogP contribution in [0.15, 0.2) is 18.2 Å². The van der Waals surface area contributed by atoms with Crippen LogP contribution in [0.2, 0.25) is 0 Å². The van der Waals surface area contributed by atoms with E-state index in [0.29, 0.717) is 6.54 Å². The van der Waals surface area contributed by atoms with Crippen LogP contribution in [0.3, 0.4) is 0 Å². The molecule has 1 aromatic heterocycles. The van der Waals surface area contributed by atoms with Gasteiger partial charge in [0.2, 0.25) is 0 Å². The van der Waals surface area contributed by atoms with Gasteiger partial charge in [0, 0.05) is 29.4 Å². The van der Waals surface area contributed by atoms with E-state index >= 15 is 0 Å². The van der Waals surface area contributed by atoms with E-state index in [1.165, 1.54) is 20.9 Å². The molecular formula is C13H22N2S. The molecule has 0 atom stereocenters. The van der Waals surface area contributed by atoms with Gasteiger partial charge in [-0.1, -0.05) is 19.1 Å². The minimum absolute atomic E-state index is 0.651. The van der Waals surface area contributed by atoms with Gasteiger partial charge < -0.3 is 5.73 Å². The summed E-state index contributed by atoms with van der Waals surface area (Å²) < 4.78 is 0. The second kappa shape index (κ2) is 6.18. The SMILES string of the molecule is C=C(C)CN(CC)Cc1cc(CN)sc1C. The Balaban J connectivity index is 2.69. The van der Waals surface area contributed by atoms with Gasteiger partial charge in [0.05, 0.1) is 0 Å². The lowest BCUT2D eigenvalue weighted by Gasteiger charge is -2.20. The molecule has 0 aliphatic heterocycles. The predicted octanol–water partition coefficient (Wildman–Crippen LogP) is 2.91. The average Bonchev–Trinajstić information content (AvgIpc) is 2.58. The Morgan fingerprint density at radius 1 is 1.56 bits per heavy atom. The first-order valence-electron chi connectivity index (χ1n) is 5.71. The van der Waals surface area contributed by atoms with Gasteiger partial charge >= 0.3 is 0 Å². The van der Waals surface area contributed by atoms with Gasteiger partial charge in [0.1, 0.15) is 0 Å². The van der Waals surface area contributed by atoms with E-state index in [2.05, 4.69) is 38.3 Å². The zero-order valence-corrected chi connectivity index (χ0v) is 11.4. The molecule has 0 radical (unpaired) electrons. The average molecular weight is 238 g/mol. The third-order valence-corrected chi connectivity index (χ3v) is 3.72. The highest BCUT2D eigenvalue weighted by Crippen LogP contribution is 2.22. The number of likely N-dealkylation sites (N-methyl/N-ethyl adjacent to an activating group) is 1.